The Morgan fingerprint density at radius 1 is 1.57 bits per heavy atom. The number of rotatable bonds is 3. The number of nitrogens with one attached hydrogen (secondary N) is 1. The summed E-state index contributed by atoms with van der Waals surface area (Å²) < 4.78 is 5.03. The van der Waals surface area contributed by atoms with Gasteiger partial charge in [-0.2, -0.15) is 0 Å². The second-order valence-electron chi connectivity index (χ2n) is 3.07. The van der Waals surface area contributed by atoms with Crippen LogP contribution in [0.4, 0.5) is 0 Å². The molecule has 2 aromatic heterocycles. The molecule has 0 aliphatic rings. The second kappa shape index (κ2) is 3.94. The summed E-state index contributed by atoms with van der Waals surface area (Å²) in [5.41, 5.74) is 2.15. The first kappa shape index (κ1) is 9.43. The van der Waals surface area contributed by atoms with E-state index in [-0.39, 0.29) is 0 Å². The molecule has 0 radical (unpaired) electrons. The van der Waals surface area contributed by atoms with E-state index in [2.05, 4.69) is 10.3 Å². The summed E-state index contributed by atoms with van der Waals surface area (Å²) in [6.07, 6.45) is 3.39. The molecule has 0 aromatic carbocycles. The Hall–Kier alpha value is -1.13. The molecule has 0 amide bonds. The molecule has 0 spiro atoms. The number of thiazole rings is 1. The van der Waals surface area contributed by atoms with Crippen LogP contribution in [-0.2, 0) is 6.54 Å². The largest absolute Gasteiger partial charge is 0.472 e. The van der Waals surface area contributed by atoms with Crippen molar-refractivity contribution in [3.8, 4) is 10.6 Å². The molecule has 4 heteroatoms. The minimum absolute atomic E-state index is 0.876. The average molecular weight is 208 g/mol. The minimum Gasteiger partial charge on any atom is -0.472 e. The number of hydrogen-bond acceptors (Lipinski definition) is 4. The fourth-order valence-corrected chi connectivity index (χ4v) is 2.32. The van der Waals surface area contributed by atoms with Crippen LogP contribution in [0.15, 0.2) is 23.0 Å². The summed E-state index contributed by atoms with van der Waals surface area (Å²) in [5.74, 6) is 0. The second-order valence-corrected chi connectivity index (χ2v) is 4.15. The molecule has 0 fully saturated rings. The predicted molar refractivity (Wildman–Crippen MR) is 57.3 cm³/mol. The third kappa shape index (κ3) is 1.71. The summed E-state index contributed by atoms with van der Waals surface area (Å²) in [7, 11) is 1.94. The Labute approximate surface area is 86.8 Å². The lowest BCUT2D eigenvalue weighted by Gasteiger charge is -1.93. The minimum atomic E-state index is 0.876. The van der Waals surface area contributed by atoms with E-state index in [0.717, 1.165) is 22.8 Å². The molecule has 1 N–H and O–H groups in total. The van der Waals surface area contributed by atoms with Gasteiger partial charge in [-0.05, 0) is 20.0 Å². The molecule has 2 heterocycles. The Morgan fingerprint density at radius 2 is 2.43 bits per heavy atom. The summed E-state index contributed by atoms with van der Waals surface area (Å²) >= 11 is 1.71. The van der Waals surface area contributed by atoms with E-state index in [1.54, 1.807) is 23.9 Å². The number of nitrogens with zero attached hydrogens (tertiary/aromatic N) is 1. The van der Waals surface area contributed by atoms with Crippen LogP contribution in [0.25, 0.3) is 10.6 Å². The van der Waals surface area contributed by atoms with Gasteiger partial charge in [0.25, 0.3) is 0 Å². The number of aryl methyl sites for hydroxylation is 1. The first-order valence-electron chi connectivity index (χ1n) is 4.44. The zero-order valence-corrected chi connectivity index (χ0v) is 9.02. The van der Waals surface area contributed by atoms with E-state index in [4.69, 9.17) is 4.42 Å². The molecular weight excluding hydrogens is 196 g/mol. The van der Waals surface area contributed by atoms with Crippen molar-refractivity contribution in [2.75, 3.05) is 7.05 Å². The molecule has 2 aromatic rings. The van der Waals surface area contributed by atoms with Crippen LogP contribution in [-0.4, -0.2) is 12.0 Å². The van der Waals surface area contributed by atoms with Crippen molar-refractivity contribution < 1.29 is 4.42 Å². The fraction of sp³-hybridized carbons (Fsp3) is 0.300. The molecule has 74 valence electrons. The van der Waals surface area contributed by atoms with Gasteiger partial charge in [-0.1, -0.05) is 0 Å². The zero-order valence-electron chi connectivity index (χ0n) is 8.20. The fourth-order valence-electron chi connectivity index (χ4n) is 1.26. The number of aromatic nitrogens is 1. The highest BCUT2D eigenvalue weighted by atomic mass is 32.1. The van der Waals surface area contributed by atoms with E-state index >= 15 is 0 Å². The van der Waals surface area contributed by atoms with Gasteiger partial charge in [0, 0.05) is 17.0 Å². The highest BCUT2D eigenvalue weighted by Crippen LogP contribution is 2.27. The van der Waals surface area contributed by atoms with Crippen molar-refractivity contribution >= 4 is 11.3 Å². The van der Waals surface area contributed by atoms with E-state index in [1.807, 2.05) is 20.0 Å². The van der Waals surface area contributed by atoms with Gasteiger partial charge >= 0.3 is 0 Å². The third-order valence-corrected chi connectivity index (χ3v) is 3.20. The molecule has 14 heavy (non-hydrogen) atoms. The molecular formula is C10H12N2OS. The summed E-state index contributed by atoms with van der Waals surface area (Å²) in [6, 6.07) is 1.93. The third-order valence-electron chi connectivity index (χ3n) is 2.00. The Balaban J connectivity index is 2.33. The van der Waals surface area contributed by atoms with E-state index in [0.29, 0.717) is 0 Å². The normalized spacial score (nSPS) is 10.7. The number of hydrogen-bond donors (Lipinski definition) is 1. The van der Waals surface area contributed by atoms with Crippen LogP contribution in [0.3, 0.4) is 0 Å². The smallest absolute Gasteiger partial charge is 0.127 e. The summed E-state index contributed by atoms with van der Waals surface area (Å²) in [5, 5.41) is 4.16. The van der Waals surface area contributed by atoms with Gasteiger partial charge in [0.05, 0.1) is 12.0 Å². The first-order valence-corrected chi connectivity index (χ1v) is 5.26. The topological polar surface area (TPSA) is 38.1 Å². The Kier molecular flexibility index (Phi) is 2.65. The lowest BCUT2D eigenvalue weighted by atomic mass is 10.3. The summed E-state index contributed by atoms with van der Waals surface area (Å²) in [6.45, 7) is 2.91. The van der Waals surface area contributed by atoms with Crippen LogP contribution >= 0.6 is 11.3 Å². The van der Waals surface area contributed by atoms with Gasteiger partial charge in [-0.25, -0.2) is 4.98 Å². The van der Waals surface area contributed by atoms with Crippen LogP contribution in [0.2, 0.25) is 0 Å². The first-order chi connectivity index (χ1) is 6.81. The molecule has 0 aliphatic heterocycles. The molecule has 2 rings (SSSR count). The monoisotopic (exact) mass is 208 g/mol. The Bertz CT molecular complexity index is 406. The van der Waals surface area contributed by atoms with Crippen molar-refractivity contribution in [1.29, 1.82) is 0 Å². The van der Waals surface area contributed by atoms with Gasteiger partial charge in [0.15, 0.2) is 0 Å². The molecule has 0 unspecified atom stereocenters. The molecule has 0 aliphatic carbocycles. The van der Waals surface area contributed by atoms with Gasteiger partial charge in [0.1, 0.15) is 11.3 Å². The molecule has 0 saturated heterocycles. The van der Waals surface area contributed by atoms with E-state index in [9.17, 15) is 0 Å². The van der Waals surface area contributed by atoms with Crippen molar-refractivity contribution in [2.45, 2.75) is 13.5 Å². The Morgan fingerprint density at radius 3 is 3.07 bits per heavy atom. The lowest BCUT2D eigenvalue weighted by molar-refractivity contribution is 0.568. The van der Waals surface area contributed by atoms with Crippen LogP contribution < -0.4 is 5.32 Å². The predicted octanol–water partition coefficient (Wildman–Crippen LogP) is 2.43. The van der Waals surface area contributed by atoms with Gasteiger partial charge < -0.3 is 9.73 Å². The maximum Gasteiger partial charge on any atom is 0.127 e. The van der Waals surface area contributed by atoms with Gasteiger partial charge in [0.2, 0.25) is 0 Å². The summed E-state index contributed by atoms with van der Waals surface area (Å²) in [4.78, 5) is 5.77. The molecule has 0 saturated carbocycles. The SMILES string of the molecule is CNCc1sc(-c2ccoc2)nc1C. The number of furan rings is 1. The van der Waals surface area contributed by atoms with E-state index < -0.39 is 0 Å². The highest BCUT2D eigenvalue weighted by molar-refractivity contribution is 7.15. The van der Waals surface area contributed by atoms with Crippen molar-refractivity contribution in [1.82, 2.24) is 10.3 Å². The molecule has 3 nitrogen and oxygen atoms in total. The average Bonchev–Trinajstić information content (AvgIpc) is 2.76. The van der Waals surface area contributed by atoms with E-state index in [1.165, 1.54) is 4.88 Å². The van der Waals surface area contributed by atoms with Crippen LogP contribution in [0, 0.1) is 6.92 Å². The maximum absolute atomic E-state index is 5.03. The standard InChI is InChI=1S/C10H12N2OS/c1-7-9(5-11-2)14-10(12-7)8-3-4-13-6-8/h3-4,6,11H,5H2,1-2H3. The van der Waals surface area contributed by atoms with Crippen molar-refractivity contribution in [3.05, 3.63) is 29.2 Å². The van der Waals surface area contributed by atoms with Crippen molar-refractivity contribution in [2.24, 2.45) is 0 Å². The maximum atomic E-state index is 5.03. The zero-order chi connectivity index (χ0) is 9.97. The molecule has 0 atom stereocenters. The van der Waals surface area contributed by atoms with Crippen LogP contribution in [0.5, 0.6) is 0 Å². The molecule has 0 bridgehead atoms. The quantitative estimate of drug-likeness (QED) is 0.841. The van der Waals surface area contributed by atoms with Gasteiger partial charge in [-0.3, -0.25) is 0 Å². The van der Waals surface area contributed by atoms with Gasteiger partial charge in [-0.15, -0.1) is 11.3 Å². The lowest BCUT2D eigenvalue weighted by Crippen LogP contribution is -2.04. The highest BCUT2D eigenvalue weighted by Gasteiger charge is 2.08. The van der Waals surface area contributed by atoms with Crippen molar-refractivity contribution in [3.63, 3.8) is 0 Å². The van der Waals surface area contributed by atoms with Crippen LogP contribution in [0.1, 0.15) is 10.6 Å².